The van der Waals surface area contributed by atoms with Crippen LogP contribution in [0.5, 0.6) is 5.75 Å². The minimum atomic E-state index is -0.00266. The van der Waals surface area contributed by atoms with Crippen molar-refractivity contribution in [1.29, 1.82) is 0 Å². The van der Waals surface area contributed by atoms with Gasteiger partial charge < -0.3 is 25.6 Å². The zero-order valence-electron chi connectivity index (χ0n) is 25.3. The van der Waals surface area contributed by atoms with Gasteiger partial charge in [0.2, 0.25) is 17.8 Å². The van der Waals surface area contributed by atoms with Crippen LogP contribution in [0.25, 0.3) is 5.65 Å². The third-order valence-corrected chi connectivity index (χ3v) is 9.27. The van der Waals surface area contributed by atoms with E-state index in [4.69, 9.17) is 14.7 Å². The Morgan fingerprint density at radius 3 is 2.63 bits per heavy atom. The molecule has 4 heterocycles. The number of para-hydroxylation sites is 1. The van der Waals surface area contributed by atoms with Gasteiger partial charge in [0.1, 0.15) is 5.75 Å². The van der Waals surface area contributed by atoms with Crippen LogP contribution in [0.1, 0.15) is 56.6 Å². The van der Waals surface area contributed by atoms with Crippen molar-refractivity contribution >= 4 is 46.6 Å². The number of ether oxygens (including phenoxy) is 1. The number of nitrogens with one attached hydrogen (secondary N) is 3. The fourth-order valence-electron chi connectivity index (χ4n) is 6.07. The van der Waals surface area contributed by atoms with Gasteiger partial charge in [0.25, 0.3) is 0 Å². The maximum Gasteiger partial charge on any atom is 0.239 e. The molecule has 2 fully saturated rings. The average Bonchev–Trinajstić information content (AvgIpc) is 3.71. The summed E-state index contributed by atoms with van der Waals surface area (Å²) in [5, 5.41) is 15.1. The molecule has 3 N–H and O–H groups in total. The van der Waals surface area contributed by atoms with Gasteiger partial charge in [-0.25, -0.2) is 0 Å². The average molecular weight is 601 g/mol. The molecule has 4 aromatic rings. The summed E-state index contributed by atoms with van der Waals surface area (Å²) in [5.74, 6) is 2.39. The molecule has 10 nitrogen and oxygen atoms in total. The lowest BCUT2D eigenvalue weighted by Gasteiger charge is -2.34. The molecule has 0 saturated carbocycles. The predicted octanol–water partition coefficient (Wildman–Crippen LogP) is 5.89. The van der Waals surface area contributed by atoms with E-state index in [9.17, 15) is 4.79 Å². The van der Waals surface area contributed by atoms with Crippen LogP contribution in [0.2, 0.25) is 0 Å². The molecule has 0 spiro atoms. The molecule has 0 radical (unpaired) electrons. The first-order valence-electron chi connectivity index (χ1n) is 15.1. The first-order chi connectivity index (χ1) is 20.9. The second-order valence-electron chi connectivity index (χ2n) is 11.5. The van der Waals surface area contributed by atoms with Crippen molar-refractivity contribution in [3.63, 3.8) is 0 Å². The Morgan fingerprint density at radius 1 is 1.07 bits per heavy atom. The summed E-state index contributed by atoms with van der Waals surface area (Å²) >= 11 is 1.80. The number of amides is 1. The molecule has 2 saturated heterocycles. The first-order valence-corrected chi connectivity index (χ1v) is 16.0. The lowest BCUT2D eigenvalue weighted by Crippen LogP contribution is -2.46. The summed E-state index contributed by atoms with van der Waals surface area (Å²) in [6.45, 7) is 9.02. The van der Waals surface area contributed by atoms with Gasteiger partial charge in [-0.05, 0) is 80.5 Å². The number of likely N-dealkylation sites (tertiary alicyclic amines) is 1. The Morgan fingerprint density at radius 2 is 1.88 bits per heavy atom. The molecule has 11 heteroatoms. The Hall–Kier alpha value is -3.83. The zero-order chi connectivity index (χ0) is 29.9. The van der Waals surface area contributed by atoms with Gasteiger partial charge >= 0.3 is 0 Å². The molecule has 0 bridgehead atoms. The molecule has 1 atom stereocenters. The van der Waals surface area contributed by atoms with Gasteiger partial charge in [-0.1, -0.05) is 26.0 Å². The highest BCUT2D eigenvalue weighted by Crippen LogP contribution is 2.38. The number of carbonyl (C=O) groups excluding carboxylic acids is 1. The predicted molar refractivity (Wildman–Crippen MR) is 172 cm³/mol. The number of methoxy groups -OCH3 is 1. The molecular weight excluding hydrogens is 560 g/mol. The van der Waals surface area contributed by atoms with E-state index in [0.29, 0.717) is 28.7 Å². The van der Waals surface area contributed by atoms with Gasteiger partial charge in [0.05, 0.1) is 30.7 Å². The summed E-state index contributed by atoms with van der Waals surface area (Å²) in [4.78, 5) is 25.6. The van der Waals surface area contributed by atoms with Gasteiger partial charge in [-0.3, -0.25) is 4.79 Å². The molecule has 0 aliphatic carbocycles. The highest BCUT2D eigenvalue weighted by Gasteiger charge is 2.31. The van der Waals surface area contributed by atoms with Crippen LogP contribution in [0.3, 0.4) is 0 Å². The number of benzene rings is 2. The summed E-state index contributed by atoms with van der Waals surface area (Å²) < 4.78 is 7.56. The minimum absolute atomic E-state index is 0.00266. The van der Waals surface area contributed by atoms with Crippen molar-refractivity contribution in [3.05, 3.63) is 59.8 Å². The Kier molecular flexibility index (Phi) is 8.71. The van der Waals surface area contributed by atoms with E-state index in [1.807, 2.05) is 29.2 Å². The number of nitrogens with zero attached hydrogens (tertiary/aromatic N) is 5. The quantitative estimate of drug-likeness (QED) is 0.203. The molecule has 1 unspecified atom stereocenters. The van der Waals surface area contributed by atoms with Crippen LogP contribution in [-0.2, 0) is 4.79 Å². The van der Waals surface area contributed by atoms with Crippen LogP contribution >= 0.6 is 11.8 Å². The van der Waals surface area contributed by atoms with E-state index >= 15 is 0 Å². The van der Waals surface area contributed by atoms with Crippen LogP contribution < -0.4 is 20.7 Å². The van der Waals surface area contributed by atoms with Crippen molar-refractivity contribution < 1.29 is 9.53 Å². The second kappa shape index (κ2) is 12.8. The SMILES string of the molecule is COc1cc(C2CCN(C(=O)C3CCCN3)CC2)c(C)cc1Nc1nc(Nc2ccccc2SC(C)C)n2nccc2n1. The fraction of sp³-hybridized carbons (Fsp3) is 0.438. The summed E-state index contributed by atoms with van der Waals surface area (Å²) in [7, 11) is 1.69. The monoisotopic (exact) mass is 600 g/mol. The molecule has 6 rings (SSSR count). The number of hydrogen-bond donors (Lipinski definition) is 3. The molecule has 2 aromatic carbocycles. The van der Waals surface area contributed by atoms with Crippen molar-refractivity contribution in [2.45, 2.75) is 68.6 Å². The highest BCUT2D eigenvalue weighted by molar-refractivity contribution is 8.00. The number of aryl methyl sites for hydroxylation is 1. The highest BCUT2D eigenvalue weighted by atomic mass is 32.2. The Bertz CT molecular complexity index is 1590. The van der Waals surface area contributed by atoms with Gasteiger partial charge in [-0.2, -0.15) is 19.6 Å². The number of hydrogen-bond acceptors (Lipinski definition) is 9. The molecular formula is C32H40N8O2S. The number of fused-ring (bicyclic) bond motifs is 1. The normalized spacial score (nSPS) is 17.5. The number of rotatable bonds is 9. The molecule has 2 aromatic heterocycles. The molecule has 226 valence electrons. The molecule has 2 aliphatic heterocycles. The van der Waals surface area contributed by atoms with E-state index < -0.39 is 0 Å². The number of anilines is 4. The molecule has 2 aliphatic rings. The van der Waals surface area contributed by atoms with Crippen molar-refractivity contribution in [2.24, 2.45) is 0 Å². The summed E-state index contributed by atoms with van der Waals surface area (Å²) in [6.07, 6.45) is 5.64. The van der Waals surface area contributed by atoms with Crippen molar-refractivity contribution in [2.75, 3.05) is 37.4 Å². The Balaban J connectivity index is 1.21. The zero-order valence-corrected chi connectivity index (χ0v) is 26.1. The number of aromatic nitrogens is 4. The number of piperidine rings is 1. The van der Waals surface area contributed by atoms with Gasteiger partial charge in [-0.15, -0.1) is 11.8 Å². The van der Waals surface area contributed by atoms with E-state index in [0.717, 1.165) is 67.3 Å². The van der Waals surface area contributed by atoms with Crippen LogP contribution in [0, 0.1) is 6.92 Å². The third kappa shape index (κ3) is 6.42. The van der Waals surface area contributed by atoms with E-state index in [2.05, 4.69) is 60.0 Å². The topological polar surface area (TPSA) is 109 Å². The van der Waals surface area contributed by atoms with Crippen LogP contribution in [0.15, 0.2) is 53.6 Å². The second-order valence-corrected chi connectivity index (χ2v) is 13.2. The fourth-order valence-corrected chi connectivity index (χ4v) is 6.98. The van der Waals surface area contributed by atoms with Crippen molar-refractivity contribution in [3.8, 4) is 5.75 Å². The maximum absolute atomic E-state index is 12.9. The summed E-state index contributed by atoms with van der Waals surface area (Å²) in [6, 6.07) is 14.3. The largest absolute Gasteiger partial charge is 0.495 e. The molecule has 43 heavy (non-hydrogen) atoms. The Labute approximate surface area is 257 Å². The summed E-state index contributed by atoms with van der Waals surface area (Å²) in [5.41, 5.74) is 4.88. The minimum Gasteiger partial charge on any atom is -0.495 e. The lowest BCUT2D eigenvalue weighted by atomic mass is 9.86. The maximum atomic E-state index is 12.9. The standard InChI is InChI=1S/C32H40N8O2S/c1-20(2)43-28-10-6-5-8-24(28)36-32-38-31(37-29-11-15-34-40(29)32)35-26-18-21(3)23(19-27(26)42-4)22-12-16-39(17-13-22)30(41)25-9-7-14-33-25/h5-6,8,10-11,15,18-20,22,25,33H,7,9,12-14,16-17H2,1-4H3,(H2,35,36,37,38). The van der Waals surface area contributed by atoms with E-state index in [-0.39, 0.29) is 11.9 Å². The van der Waals surface area contributed by atoms with Gasteiger partial charge in [0.15, 0.2) is 5.65 Å². The number of thioether (sulfide) groups is 1. The lowest BCUT2D eigenvalue weighted by molar-refractivity contribution is -0.134. The first kappa shape index (κ1) is 29.3. The van der Waals surface area contributed by atoms with E-state index in [1.54, 1.807) is 29.6 Å². The third-order valence-electron chi connectivity index (χ3n) is 8.19. The van der Waals surface area contributed by atoms with E-state index in [1.165, 1.54) is 11.1 Å². The van der Waals surface area contributed by atoms with Gasteiger partial charge in [0, 0.05) is 29.3 Å². The number of carbonyl (C=O) groups is 1. The van der Waals surface area contributed by atoms with Crippen molar-refractivity contribution in [1.82, 2.24) is 29.8 Å². The van der Waals surface area contributed by atoms with Crippen LogP contribution in [-0.4, -0.2) is 68.4 Å². The van der Waals surface area contributed by atoms with Crippen LogP contribution in [0.4, 0.5) is 23.3 Å². The molecule has 1 amide bonds. The smallest absolute Gasteiger partial charge is 0.239 e.